The molecule has 0 aliphatic carbocycles. The first-order chi connectivity index (χ1) is 7.72. The second-order valence-corrected chi connectivity index (χ2v) is 5.41. The molecule has 3 heteroatoms. The van der Waals surface area contributed by atoms with Gasteiger partial charge in [0.2, 0.25) is 0 Å². The van der Waals surface area contributed by atoms with Crippen LogP contribution in [-0.4, -0.2) is 24.6 Å². The molecule has 0 amide bonds. The number of nitrogens with zero attached hydrogens (tertiary/aromatic N) is 2. The predicted molar refractivity (Wildman–Crippen MR) is 70.0 cm³/mol. The minimum atomic E-state index is 0.582. The van der Waals surface area contributed by atoms with Gasteiger partial charge in [-0.3, -0.25) is 0 Å². The van der Waals surface area contributed by atoms with E-state index < -0.39 is 0 Å². The average Bonchev–Trinajstić information content (AvgIpc) is 2.81. The van der Waals surface area contributed by atoms with Crippen LogP contribution in [0.3, 0.4) is 0 Å². The molecule has 84 valence electrons. The van der Waals surface area contributed by atoms with Gasteiger partial charge in [-0.05, 0) is 36.8 Å². The van der Waals surface area contributed by atoms with Gasteiger partial charge in [-0.15, -0.1) is 0 Å². The minimum absolute atomic E-state index is 0.582. The third-order valence-electron chi connectivity index (χ3n) is 3.11. The van der Waals surface area contributed by atoms with Crippen molar-refractivity contribution in [3.63, 3.8) is 0 Å². The molecule has 1 aromatic rings. The van der Waals surface area contributed by atoms with E-state index >= 15 is 0 Å². The Kier molecular flexibility index (Phi) is 3.40. The third kappa shape index (κ3) is 2.17. The summed E-state index contributed by atoms with van der Waals surface area (Å²) in [4.78, 5) is 2.27. The number of nitriles is 1. The van der Waals surface area contributed by atoms with Crippen LogP contribution in [0.15, 0.2) is 18.2 Å². The van der Waals surface area contributed by atoms with Gasteiger partial charge < -0.3 is 4.90 Å². The predicted octanol–water partition coefficient (Wildman–Crippen LogP) is 2.81. The SMILES string of the molecule is Cc1ccc(C#N)c(N(C)C2CCSC2)c1. The highest BCUT2D eigenvalue weighted by Gasteiger charge is 2.21. The summed E-state index contributed by atoms with van der Waals surface area (Å²) in [6.45, 7) is 2.07. The summed E-state index contributed by atoms with van der Waals surface area (Å²) in [6, 6.07) is 8.89. The fourth-order valence-electron chi connectivity index (χ4n) is 2.05. The largest absolute Gasteiger partial charge is 0.370 e. The summed E-state index contributed by atoms with van der Waals surface area (Å²) < 4.78 is 0. The van der Waals surface area contributed by atoms with Gasteiger partial charge in [-0.2, -0.15) is 17.0 Å². The van der Waals surface area contributed by atoms with Gasteiger partial charge in [0, 0.05) is 18.8 Å². The van der Waals surface area contributed by atoms with Crippen LogP contribution in [0.4, 0.5) is 5.69 Å². The van der Waals surface area contributed by atoms with Crippen molar-refractivity contribution in [2.24, 2.45) is 0 Å². The van der Waals surface area contributed by atoms with E-state index in [2.05, 4.69) is 31.0 Å². The maximum Gasteiger partial charge on any atom is 0.101 e. The lowest BCUT2D eigenvalue weighted by Gasteiger charge is -2.27. The van der Waals surface area contributed by atoms with Gasteiger partial charge in [-0.25, -0.2) is 0 Å². The normalized spacial score (nSPS) is 19.4. The topological polar surface area (TPSA) is 27.0 Å². The highest BCUT2D eigenvalue weighted by Crippen LogP contribution is 2.28. The first kappa shape index (κ1) is 11.3. The summed E-state index contributed by atoms with van der Waals surface area (Å²) in [7, 11) is 2.10. The molecule has 0 N–H and O–H groups in total. The van der Waals surface area contributed by atoms with E-state index in [9.17, 15) is 0 Å². The molecule has 1 fully saturated rings. The molecule has 0 bridgehead atoms. The minimum Gasteiger partial charge on any atom is -0.370 e. The number of aryl methyl sites for hydroxylation is 1. The summed E-state index contributed by atoms with van der Waals surface area (Å²) in [5.74, 6) is 2.41. The van der Waals surface area contributed by atoms with Crippen molar-refractivity contribution in [2.75, 3.05) is 23.5 Å². The molecule has 16 heavy (non-hydrogen) atoms. The molecule has 1 heterocycles. The first-order valence-corrected chi connectivity index (χ1v) is 6.69. The molecule has 1 aliphatic heterocycles. The van der Waals surface area contributed by atoms with Crippen molar-refractivity contribution in [3.05, 3.63) is 29.3 Å². The molecule has 1 saturated heterocycles. The van der Waals surface area contributed by atoms with Gasteiger partial charge in [0.25, 0.3) is 0 Å². The Hall–Kier alpha value is -1.14. The number of hydrogen-bond donors (Lipinski definition) is 0. The third-order valence-corrected chi connectivity index (χ3v) is 4.25. The lowest BCUT2D eigenvalue weighted by molar-refractivity contribution is 0.699. The quantitative estimate of drug-likeness (QED) is 0.784. The average molecular weight is 232 g/mol. The maximum atomic E-state index is 9.12. The number of rotatable bonds is 2. The fourth-order valence-corrected chi connectivity index (χ4v) is 3.32. The van der Waals surface area contributed by atoms with Crippen LogP contribution in [0.25, 0.3) is 0 Å². The summed E-state index contributed by atoms with van der Waals surface area (Å²) in [5, 5.41) is 9.12. The summed E-state index contributed by atoms with van der Waals surface area (Å²) >= 11 is 2.00. The number of thioether (sulfide) groups is 1. The maximum absolute atomic E-state index is 9.12. The van der Waals surface area contributed by atoms with Crippen LogP contribution in [0.2, 0.25) is 0 Å². The zero-order chi connectivity index (χ0) is 11.5. The van der Waals surface area contributed by atoms with Crippen molar-refractivity contribution in [1.29, 1.82) is 5.26 Å². The molecule has 1 atom stereocenters. The van der Waals surface area contributed by atoms with Crippen LogP contribution in [0.5, 0.6) is 0 Å². The lowest BCUT2D eigenvalue weighted by Crippen LogP contribution is -2.31. The Morgan fingerprint density at radius 3 is 2.94 bits per heavy atom. The van der Waals surface area contributed by atoms with Crippen LogP contribution >= 0.6 is 11.8 Å². The smallest absolute Gasteiger partial charge is 0.101 e. The van der Waals surface area contributed by atoms with Crippen molar-refractivity contribution in [2.45, 2.75) is 19.4 Å². The van der Waals surface area contributed by atoms with E-state index in [0.717, 1.165) is 11.3 Å². The van der Waals surface area contributed by atoms with E-state index in [1.54, 1.807) is 0 Å². The van der Waals surface area contributed by atoms with E-state index in [-0.39, 0.29) is 0 Å². The van der Waals surface area contributed by atoms with Crippen molar-refractivity contribution < 1.29 is 0 Å². The standard InChI is InChI=1S/C13H16N2S/c1-10-3-4-11(8-14)13(7-10)15(2)12-5-6-16-9-12/h3-4,7,12H,5-6,9H2,1-2H3. The molecular weight excluding hydrogens is 216 g/mol. The van der Waals surface area contributed by atoms with Crippen LogP contribution in [0, 0.1) is 18.3 Å². The number of anilines is 1. The molecule has 0 saturated carbocycles. The fraction of sp³-hybridized carbons (Fsp3) is 0.462. The van der Waals surface area contributed by atoms with Crippen molar-refractivity contribution in [3.8, 4) is 6.07 Å². The zero-order valence-corrected chi connectivity index (χ0v) is 10.5. The lowest BCUT2D eigenvalue weighted by atomic mass is 10.1. The monoisotopic (exact) mass is 232 g/mol. The molecule has 1 aliphatic rings. The highest BCUT2D eigenvalue weighted by molar-refractivity contribution is 7.99. The highest BCUT2D eigenvalue weighted by atomic mass is 32.2. The van der Waals surface area contributed by atoms with E-state index in [4.69, 9.17) is 5.26 Å². The van der Waals surface area contributed by atoms with Gasteiger partial charge in [0.1, 0.15) is 6.07 Å². The molecule has 2 rings (SSSR count). The second-order valence-electron chi connectivity index (χ2n) is 4.26. The molecule has 0 spiro atoms. The number of hydrogen-bond acceptors (Lipinski definition) is 3. The summed E-state index contributed by atoms with van der Waals surface area (Å²) in [5.41, 5.74) is 3.08. The second kappa shape index (κ2) is 4.80. The first-order valence-electron chi connectivity index (χ1n) is 5.53. The molecule has 0 radical (unpaired) electrons. The number of benzene rings is 1. The van der Waals surface area contributed by atoms with E-state index in [0.29, 0.717) is 6.04 Å². The van der Waals surface area contributed by atoms with Crippen LogP contribution < -0.4 is 4.90 Å². The Morgan fingerprint density at radius 1 is 1.50 bits per heavy atom. The van der Waals surface area contributed by atoms with E-state index in [1.165, 1.54) is 23.5 Å². The van der Waals surface area contributed by atoms with Gasteiger partial charge in [-0.1, -0.05) is 6.07 Å². The Labute approximate surface area is 101 Å². The zero-order valence-electron chi connectivity index (χ0n) is 9.73. The van der Waals surface area contributed by atoms with Gasteiger partial charge >= 0.3 is 0 Å². The van der Waals surface area contributed by atoms with Gasteiger partial charge in [0.05, 0.1) is 11.3 Å². The summed E-state index contributed by atoms with van der Waals surface area (Å²) in [6.07, 6.45) is 1.22. The van der Waals surface area contributed by atoms with E-state index in [1.807, 2.05) is 23.9 Å². The molecule has 0 aromatic heterocycles. The van der Waals surface area contributed by atoms with Crippen LogP contribution in [-0.2, 0) is 0 Å². The Bertz CT molecular complexity index is 416. The van der Waals surface area contributed by atoms with Crippen LogP contribution in [0.1, 0.15) is 17.5 Å². The Balaban J connectivity index is 2.31. The Morgan fingerprint density at radius 2 is 2.31 bits per heavy atom. The molecule has 1 unspecified atom stereocenters. The molecular formula is C13H16N2S. The van der Waals surface area contributed by atoms with Crippen molar-refractivity contribution >= 4 is 17.4 Å². The molecule has 2 nitrogen and oxygen atoms in total. The van der Waals surface area contributed by atoms with Gasteiger partial charge in [0.15, 0.2) is 0 Å². The van der Waals surface area contributed by atoms with Crippen molar-refractivity contribution in [1.82, 2.24) is 0 Å². The molecule has 1 aromatic carbocycles.